The fourth-order valence-electron chi connectivity index (χ4n) is 3.30. The maximum absolute atomic E-state index is 12.5. The van der Waals surface area contributed by atoms with Crippen LogP contribution in [0.2, 0.25) is 5.02 Å². The van der Waals surface area contributed by atoms with Crippen molar-refractivity contribution in [1.29, 1.82) is 0 Å². The fourth-order valence-corrected chi connectivity index (χ4v) is 4.56. The summed E-state index contributed by atoms with van der Waals surface area (Å²) in [5, 5.41) is 4.27. The van der Waals surface area contributed by atoms with Crippen LogP contribution >= 0.6 is 22.9 Å². The smallest absolute Gasteiger partial charge is 0.248 e. The third kappa shape index (κ3) is 4.35. The monoisotopic (exact) mass is 456 g/mol. The summed E-state index contributed by atoms with van der Waals surface area (Å²) < 4.78 is 6.89. The van der Waals surface area contributed by atoms with Gasteiger partial charge in [-0.25, -0.2) is 4.98 Å². The van der Waals surface area contributed by atoms with Gasteiger partial charge in [-0.05, 0) is 48.5 Å². The summed E-state index contributed by atoms with van der Waals surface area (Å²) >= 11 is 7.98. The number of anilines is 1. The highest BCUT2D eigenvalue weighted by Crippen LogP contribution is 2.35. The number of carbonyl (C=O) groups is 1. The Bertz CT molecular complexity index is 1400. The lowest BCUT2D eigenvalue weighted by atomic mass is 10.2. The topological polar surface area (TPSA) is 55.1 Å². The van der Waals surface area contributed by atoms with Gasteiger partial charge in [0.25, 0.3) is 0 Å². The molecule has 32 heavy (non-hydrogen) atoms. The number of para-hydroxylation sites is 1. The molecule has 0 bridgehead atoms. The molecule has 6 heteroatoms. The van der Waals surface area contributed by atoms with Gasteiger partial charge in [0, 0.05) is 22.9 Å². The average molecular weight is 457 g/mol. The Labute approximate surface area is 193 Å². The van der Waals surface area contributed by atoms with Crippen LogP contribution in [0.5, 0.6) is 0 Å². The molecule has 1 amide bonds. The second kappa shape index (κ2) is 8.83. The predicted molar refractivity (Wildman–Crippen MR) is 132 cm³/mol. The molecule has 1 N–H and O–H groups in total. The summed E-state index contributed by atoms with van der Waals surface area (Å²) in [6, 6.07) is 26.8. The molecule has 5 rings (SSSR count). The zero-order valence-corrected chi connectivity index (χ0v) is 18.4. The molecule has 0 spiro atoms. The number of hydrogen-bond acceptors (Lipinski definition) is 4. The molecule has 0 atom stereocenters. The fraction of sp³-hybridized carbons (Fsp3) is 0. The number of amides is 1. The number of furan rings is 1. The van der Waals surface area contributed by atoms with Crippen LogP contribution in [0.25, 0.3) is 38.2 Å². The van der Waals surface area contributed by atoms with Crippen LogP contribution in [0.3, 0.4) is 0 Å². The second-order valence-corrected chi connectivity index (χ2v) is 8.51. The van der Waals surface area contributed by atoms with Crippen molar-refractivity contribution in [3.05, 3.63) is 102 Å². The van der Waals surface area contributed by atoms with Crippen LogP contribution in [-0.4, -0.2) is 10.9 Å². The van der Waals surface area contributed by atoms with Crippen molar-refractivity contribution in [3.63, 3.8) is 0 Å². The van der Waals surface area contributed by atoms with E-state index in [9.17, 15) is 4.79 Å². The zero-order chi connectivity index (χ0) is 21.9. The van der Waals surface area contributed by atoms with Crippen molar-refractivity contribution in [2.45, 2.75) is 0 Å². The molecule has 2 aromatic heterocycles. The standard InChI is InChI=1S/C26H17ClN2O2S/c27-21-13-10-18(16-20(21)26-29-22-8-4-5-9-24(22)32-26)28-25(30)15-12-19-11-14-23(31-19)17-6-2-1-3-7-17/h1-16H,(H,28,30)/b15-12+. The molecular formula is C26H17ClN2O2S. The van der Waals surface area contributed by atoms with Crippen molar-refractivity contribution in [2.75, 3.05) is 5.32 Å². The molecule has 0 radical (unpaired) electrons. The van der Waals surface area contributed by atoms with Gasteiger partial charge in [-0.2, -0.15) is 0 Å². The number of aromatic nitrogens is 1. The molecule has 0 aliphatic rings. The number of fused-ring (bicyclic) bond motifs is 1. The highest BCUT2D eigenvalue weighted by molar-refractivity contribution is 7.21. The van der Waals surface area contributed by atoms with Gasteiger partial charge in [0.2, 0.25) is 5.91 Å². The Morgan fingerprint density at radius 1 is 0.969 bits per heavy atom. The highest BCUT2D eigenvalue weighted by Gasteiger charge is 2.11. The van der Waals surface area contributed by atoms with Gasteiger partial charge in [-0.15, -0.1) is 11.3 Å². The number of halogens is 1. The van der Waals surface area contributed by atoms with E-state index < -0.39 is 0 Å². The maximum atomic E-state index is 12.5. The van der Waals surface area contributed by atoms with E-state index in [0.29, 0.717) is 16.5 Å². The minimum absolute atomic E-state index is 0.264. The molecule has 2 heterocycles. The number of nitrogens with zero attached hydrogens (tertiary/aromatic N) is 1. The first-order valence-corrected chi connectivity index (χ1v) is 11.1. The summed E-state index contributed by atoms with van der Waals surface area (Å²) in [4.78, 5) is 17.1. The quantitative estimate of drug-likeness (QED) is 0.278. The highest BCUT2D eigenvalue weighted by atomic mass is 35.5. The van der Waals surface area contributed by atoms with E-state index in [0.717, 1.165) is 32.1 Å². The third-order valence-electron chi connectivity index (χ3n) is 4.84. The number of benzene rings is 3. The SMILES string of the molecule is O=C(/C=C/c1ccc(-c2ccccc2)o1)Nc1ccc(Cl)c(-c2nc3ccccc3s2)c1. The van der Waals surface area contributed by atoms with Gasteiger partial charge < -0.3 is 9.73 Å². The molecule has 0 fully saturated rings. The summed E-state index contributed by atoms with van der Waals surface area (Å²) in [5.41, 5.74) is 3.34. The van der Waals surface area contributed by atoms with E-state index >= 15 is 0 Å². The van der Waals surface area contributed by atoms with E-state index in [-0.39, 0.29) is 5.91 Å². The molecule has 4 nitrogen and oxygen atoms in total. The van der Waals surface area contributed by atoms with Gasteiger partial charge in [-0.3, -0.25) is 4.79 Å². The van der Waals surface area contributed by atoms with Crippen LogP contribution in [0.15, 0.2) is 95.4 Å². The van der Waals surface area contributed by atoms with E-state index in [1.807, 2.05) is 72.8 Å². The molecule has 3 aromatic carbocycles. The first-order valence-electron chi connectivity index (χ1n) is 9.95. The first-order chi connectivity index (χ1) is 15.7. The summed E-state index contributed by atoms with van der Waals surface area (Å²) in [7, 11) is 0. The third-order valence-corrected chi connectivity index (χ3v) is 6.24. The van der Waals surface area contributed by atoms with Gasteiger partial charge in [-0.1, -0.05) is 54.1 Å². The first kappa shape index (κ1) is 20.2. The van der Waals surface area contributed by atoms with Crippen LogP contribution in [0.1, 0.15) is 5.76 Å². The van der Waals surface area contributed by atoms with Gasteiger partial charge in [0.15, 0.2) is 0 Å². The number of rotatable bonds is 5. The second-order valence-electron chi connectivity index (χ2n) is 7.07. The number of nitrogens with one attached hydrogen (secondary N) is 1. The van der Waals surface area contributed by atoms with Crippen LogP contribution in [-0.2, 0) is 4.79 Å². The lowest BCUT2D eigenvalue weighted by Gasteiger charge is -2.06. The van der Waals surface area contributed by atoms with E-state index in [4.69, 9.17) is 16.0 Å². The van der Waals surface area contributed by atoms with E-state index in [1.54, 1.807) is 29.5 Å². The van der Waals surface area contributed by atoms with Gasteiger partial charge in [0.05, 0.1) is 15.2 Å². The lowest BCUT2D eigenvalue weighted by Crippen LogP contribution is -2.07. The average Bonchev–Trinajstić information content (AvgIpc) is 3.47. The van der Waals surface area contributed by atoms with E-state index in [1.165, 1.54) is 6.08 Å². The molecular weight excluding hydrogens is 440 g/mol. The summed E-state index contributed by atoms with van der Waals surface area (Å²) in [6.45, 7) is 0. The minimum atomic E-state index is -0.264. The van der Waals surface area contributed by atoms with Crippen molar-refractivity contribution in [1.82, 2.24) is 4.98 Å². The number of hydrogen-bond donors (Lipinski definition) is 1. The van der Waals surface area contributed by atoms with E-state index in [2.05, 4.69) is 10.3 Å². The number of thiazole rings is 1. The molecule has 0 unspecified atom stereocenters. The summed E-state index contributed by atoms with van der Waals surface area (Å²) in [6.07, 6.45) is 3.09. The Hall–Kier alpha value is -3.67. The van der Waals surface area contributed by atoms with Crippen molar-refractivity contribution in [3.8, 4) is 21.9 Å². The zero-order valence-electron chi connectivity index (χ0n) is 16.8. The Morgan fingerprint density at radius 3 is 2.62 bits per heavy atom. The molecule has 0 aliphatic heterocycles. The molecule has 156 valence electrons. The van der Waals surface area contributed by atoms with Crippen LogP contribution < -0.4 is 5.32 Å². The predicted octanol–water partition coefficient (Wildman–Crippen LogP) is 7.53. The van der Waals surface area contributed by atoms with Gasteiger partial charge in [0.1, 0.15) is 16.5 Å². The lowest BCUT2D eigenvalue weighted by molar-refractivity contribution is -0.111. The van der Waals surface area contributed by atoms with Crippen molar-refractivity contribution in [2.24, 2.45) is 0 Å². The van der Waals surface area contributed by atoms with Crippen LogP contribution in [0, 0.1) is 0 Å². The Kier molecular flexibility index (Phi) is 5.58. The largest absolute Gasteiger partial charge is 0.457 e. The van der Waals surface area contributed by atoms with Crippen molar-refractivity contribution >= 4 is 50.8 Å². The molecule has 0 saturated carbocycles. The Morgan fingerprint density at radius 2 is 1.78 bits per heavy atom. The molecule has 0 saturated heterocycles. The normalized spacial score (nSPS) is 11.3. The molecule has 5 aromatic rings. The van der Waals surface area contributed by atoms with Crippen molar-refractivity contribution < 1.29 is 9.21 Å². The number of carbonyl (C=O) groups excluding carboxylic acids is 1. The summed E-state index contributed by atoms with van der Waals surface area (Å²) in [5.74, 6) is 1.09. The molecule has 0 aliphatic carbocycles. The van der Waals surface area contributed by atoms with Crippen LogP contribution in [0.4, 0.5) is 5.69 Å². The minimum Gasteiger partial charge on any atom is -0.457 e. The van der Waals surface area contributed by atoms with Gasteiger partial charge >= 0.3 is 0 Å². The maximum Gasteiger partial charge on any atom is 0.248 e. The Balaban J connectivity index is 1.31.